The van der Waals surface area contributed by atoms with Crippen molar-refractivity contribution in [2.24, 2.45) is 0 Å². The van der Waals surface area contributed by atoms with Gasteiger partial charge < -0.3 is 10.4 Å². The van der Waals surface area contributed by atoms with Crippen LogP contribution in [0, 0.1) is 5.82 Å². The fourth-order valence-electron chi connectivity index (χ4n) is 1.19. The maximum Gasteiger partial charge on any atom is 0.390 e. The van der Waals surface area contributed by atoms with Gasteiger partial charge in [0.15, 0.2) is 5.82 Å². The van der Waals surface area contributed by atoms with E-state index >= 15 is 0 Å². The number of carboxylic acids is 1. The number of carboxylic acid groups (broad SMARTS) is 1. The Hall–Kier alpha value is -1.31. The summed E-state index contributed by atoms with van der Waals surface area (Å²) >= 11 is 2.74. The number of nitrogens with one attached hydrogen (secondary N) is 1. The summed E-state index contributed by atoms with van der Waals surface area (Å²) in [4.78, 5) is 10.7. The van der Waals surface area contributed by atoms with Gasteiger partial charge in [-0.25, -0.2) is 9.18 Å². The molecule has 0 fully saturated rings. The first kappa shape index (κ1) is 14.7. The Morgan fingerprint density at radius 2 is 2.00 bits per heavy atom. The molecule has 18 heavy (non-hydrogen) atoms. The van der Waals surface area contributed by atoms with Crippen LogP contribution >= 0.6 is 15.9 Å². The lowest BCUT2D eigenvalue weighted by Crippen LogP contribution is -2.15. The summed E-state index contributed by atoms with van der Waals surface area (Å²) in [7, 11) is 0. The zero-order chi connectivity index (χ0) is 13.9. The molecular weight excluding hydrogens is 322 g/mol. The molecule has 0 aliphatic rings. The molecule has 0 saturated heterocycles. The second kappa shape index (κ2) is 5.55. The molecule has 0 bridgehead atoms. The zero-order valence-electron chi connectivity index (χ0n) is 8.81. The van der Waals surface area contributed by atoms with E-state index in [1.807, 2.05) is 0 Å². The average molecular weight is 330 g/mol. The Labute approximate surface area is 108 Å². The molecule has 0 saturated carbocycles. The molecule has 100 valence electrons. The molecule has 3 nitrogen and oxygen atoms in total. The highest BCUT2D eigenvalue weighted by molar-refractivity contribution is 9.10. The first-order chi connectivity index (χ1) is 8.22. The minimum absolute atomic E-state index is 0.184. The lowest BCUT2D eigenvalue weighted by Gasteiger charge is -2.11. The summed E-state index contributed by atoms with van der Waals surface area (Å²) in [6, 6.07) is 2.19. The molecular formula is C10H8BrF4NO2. The molecule has 0 aromatic heterocycles. The first-order valence-electron chi connectivity index (χ1n) is 4.74. The van der Waals surface area contributed by atoms with Gasteiger partial charge >= 0.3 is 12.1 Å². The zero-order valence-corrected chi connectivity index (χ0v) is 10.4. The van der Waals surface area contributed by atoms with Crippen LogP contribution in [0.3, 0.4) is 0 Å². The van der Waals surface area contributed by atoms with Crippen LogP contribution in [0.5, 0.6) is 0 Å². The number of hydrogen-bond donors (Lipinski definition) is 2. The molecule has 2 N–H and O–H groups in total. The Bertz CT molecular complexity index is 462. The number of anilines is 1. The van der Waals surface area contributed by atoms with Crippen LogP contribution in [0.1, 0.15) is 16.8 Å². The Morgan fingerprint density at radius 3 is 2.50 bits per heavy atom. The molecule has 0 amide bonds. The SMILES string of the molecule is O=C(O)c1ccc(NCCC(F)(F)F)c(F)c1Br. The summed E-state index contributed by atoms with van der Waals surface area (Å²) in [6.45, 7) is -0.487. The van der Waals surface area contributed by atoms with Gasteiger partial charge in [-0.3, -0.25) is 0 Å². The maximum atomic E-state index is 13.6. The van der Waals surface area contributed by atoms with Gasteiger partial charge in [0.1, 0.15) is 0 Å². The largest absolute Gasteiger partial charge is 0.478 e. The number of alkyl halides is 3. The number of rotatable bonds is 4. The number of halogens is 5. The van der Waals surface area contributed by atoms with Crippen molar-refractivity contribution in [1.82, 2.24) is 0 Å². The van der Waals surface area contributed by atoms with Crippen LogP contribution < -0.4 is 5.32 Å². The second-order valence-electron chi connectivity index (χ2n) is 3.39. The summed E-state index contributed by atoms with van der Waals surface area (Å²) in [5, 5.41) is 11.0. The van der Waals surface area contributed by atoms with Gasteiger partial charge in [-0.1, -0.05) is 0 Å². The van der Waals surface area contributed by atoms with Crippen molar-refractivity contribution >= 4 is 27.6 Å². The van der Waals surface area contributed by atoms with Crippen LogP contribution in [-0.4, -0.2) is 23.8 Å². The predicted octanol–water partition coefficient (Wildman–Crippen LogP) is 3.65. The Kier molecular flexibility index (Phi) is 4.55. The van der Waals surface area contributed by atoms with Crippen molar-refractivity contribution in [3.63, 3.8) is 0 Å². The summed E-state index contributed by atoms with van der Waals surface area (Å²) in [5.41, 5.74) is -0.481. The third-order valence-electron chi connectivity index (χ3n) is 2.04. The van der Waals surface area contributed by atoms with Gasteiger partial charge in [-0.15, -0.1) is 0 Å². The van der Waals surface area contributed by atoms with E-state index in [1.54, 1.807) is 0 Å². The highest BCUT2D eigenvalue weighted by atomic mass is 79.9. The molecule has 0 heterocycles. The molecule has 0 unspecified atom stereocenters. The molecule has 0 spiro atoms. The van der Waals surface area contributed by atoms with Crippen molar-refractivity contribution in [1.29, 1.82) is 0 Å². The van der Waals surface area contributed by atoms with Crippen LogP contribution in [0.25, 0.3) is 0 Å². The van der Waals surface area contributed by atoms with Crippen LogP contribution in [-0.2, 0) is 0 Å². The van der Waals surface area contributed by atoms with Gasteiger partial charge in [-0.2, -0.15) is 13.2 Å². The lowest BCUT2D eigenvalue weighted by molar-refractivity contribution is -0.131. The van der Waals surface area contributed by atoms with E-state index in [-0.39, 0.29) is 15.7 Å². The Morgan fingerprint density at radius 1 is 1.39 bits per heavy atom. The van der Waals surface area contributed by atoms with Crippen molar-refractivity contribution in [3.05, 3.63) is 28.0 Å². The molecule has 1 rings (SSSR count). The standard InChI is InChI=1S/C10H8BrF4NO2/c11-7-5(9(17)18)1-2-6(8(7)12)16-4-3-10(13,14)15/h1-2,16H,3-4H2,(H,17,18). The van der Waals surface area contributed by atoms with E-state index < -0.39 is 30.9 Å². The van der Waals surface area contributed by atoms with Gasteiger partial charge in [0.2, 0.25) is 0 Å². The van der Waals surface area contributed by atoms with E-state index in [0.717, 1.165) is 12.1 Å². The molecule has 0 aliphatic carbocycles. The molecule has 0 atom stereocenters. The van der Waals surface area contributed by atoms with Crippen molar-refractivity contribution in [2.75, 3.05) is 11.9 Å². The van der Waals surface area contributed by atoms with E-state index in [9.17, 15) is 22.4 Å². The third kappa shape index (κ3) is 3.86. The van der Waals surface area contributed by atoms with Crippen molar-refractivity contribution in [3.8, 4) is 0 Å². The predicted molar refractivity (Wildman–Crippen MR) is 60.2 cm³/mol. The first-order valence-corrected chi connectivity index (χ1v) is 5.53. The highest BCUT2D eigenvalue weighted by Crippen LogP contribution is 2.27. The third-order valence-corrected chi connectivity index (χ3v) is 2.81. The van der Waals surface area contributed by atoms with Gasteiger partial charge in [0.25, 0.3) is 0 Å². The fraction of sp³-hybridized carbons (Fsp3) is 0.300. The summed E-state index contributed by atoms with van der Waals surface area (Å²) < 4.78 is 49.0. The lowest BCUT2D eigenvalue weighted by atomic mass is 10.2. The van der Waals surface area contributed by atoms with Gasteiger partial charge in [0, 0.05) is 6.54 Å². The average Bonchev–Trinajstić information content (AvgIpc) is 2.22. The normalized spacial score (nSPS) is 11.4. The monoisotopic (exact) mass is 329 g/mol. The molecule has 1 aromatic carbocycles. The number of hydrogen-bond acceptors (Lipinski definition) is 2. The van der Waals surface area contributed by atoms with E-state index in [0.29, 0.717) is 0 Å². The van der Waals surface area contributed by atoms with Crippen LogP contribution in [0.4, 0.5) is 23.2 Å². The number of aromatic carboxylic acids is 1. The number of carbonyl (C=O) groups is 1. The molecule has 1 aromatic rings. The number of benzene rings is 1. The minimum Gasteiger partial charge on any atom is -0.478 e. The molecule has 0 aliphatic heterocycles. The van der Waals surface area contributed by atoms with E-state index in [4.69, 9.17) is 5.11 Å². The topological polar surface area (TPSA) is 49.3 Å². The Balaban J connectivity index is 2.80. The summed E-state index contributed by atoms with van der Waals surface area (Å²) in [6.07, 6.45) is -5.44. The van der Waals surface area contributed by atoms with Gasteiger partial charge in [-0.05, 0) is 28.1 Å². The molecule has 8 heteroatoms. The minimum atomic E-state index is -4.33. The van der Waals surface area contributed by atoms with Crippen molar-refractivity contribution < 1.29 is 27.5 Å². The van der Waals surface area contributed by atoms with E-state index in [2.05, 4.69) is 21.2 Å². The van der Waals surface area contributed by atoms with E-state index in [1.165, 1.54) is 0 Å². The van der Waals surface area contributed by atoms with Gasteiger partial charge in [0.05, 0.1) is 22.1 Å². The second-order valence-corrected chi connectivity index (χ2v) is 4.18. The smallest absolute Gasteiger partial charge is 0.390 e. The van der Waals surface area contributed by atoms with Crippen LogP contribution in [0.15, 0.2) is 16.6 Å². The highest BCUT2D eigenvalue weighted by Gasteiger charge is 2.26. The maximum absolute atomic E-state index is 13.6. The molecule has 0 radical (unpaired) electrons. The quantitative estimate of drug-likeness (QED) is 0.829. The summed E-state index contributed by atoms with van der Waals surface area (Å²) in [5.74, 6) is -2.26. The van der Waals surface area contributed by atoms with Crippen molar-refractivity contribution in [2.45, 2.75) is 12.6 Å². The fourth-order valence-corrected chi connectivity index (χ4v) is 1.71. The van der Waals surface area contributed by atoms with Crippen LogP contribution in [0.2, 0.25) is 0 Å².